The number of hydrogen-bond acceptors (Lipinski definition) is 3. The minimum absolute atomic E-state index is 0.0747. The number of nitrogens with zero attached hydrogens (tertiary/aromatic N) is 1. The summed E-state index contributed by atoms with van der Waals surface area (Å²) in [6, 6.07) is 21.3. The monoisotopic (exact) mass is 518 g/mol. The summed E-state index contributed by atoms with van der Waals surface area (Å²) in [4.78, 5) is 4.96. The van der Waals surface area contributed by atoms with E-state index < -0.39 is 0 Å². The number of rotatable bonds is 3. The van der Waals surface area contributed by atoms with Gasteiger partial charge in [-0.25, -0.2) is 0 Å². The molecule has 6 heteroatoms. The van der Waals surface area contributed by atoms with Crippen LogP contribution in [0.3, 0.4) is 0 Å². The molecule has 1 aliphatic rings. The van der Waals surface area contributed by atoms with Crippen LogP contribution in [0.25, 0.3) is 0 Å². The fourth-order valence-corrected chi connectivity index (χ4v) is 4.11. The number of halogens is 3. The predicted octanol–water partition coefficient (Wildman–Crippen LogP) is 6.79. The Morgan fingerprint density at radius 3 is 2.32 bits per heavy atom. The highest BCUT2D eigenvalue weighted by Crippen LogP contribution is 2.36. The fourth-order valence-electron chi connectivity index (χ4n) is 3.34. The fraction of sp³-hybridized carbons (Fsp3) is 0.136. The van der Waals surface area contributed by atoms with Gasteiger partial charge in [0.05, 0.1) is 0 Å². The molecule has 0 saturated heterocycles. The Balaban J connectivity index is 1.76. The van der Waals surface area contributed by atoms with E-state index in [0.29, 0.717) is 11.4 Å². The van der Waals surface area contributed by atoms with Crippen molar-refractivity contribution in [2.24, 2.45) is 4.99 Å². The summed E-state index contributed by atoms with van der Waals surface area (Å²) in [6.07, 6.45) is 0.448. The zero-order chi connectivity index (χ0) is 19.7. The van der Waals surface area contributed by atoms with Crippen LogP contribution in [0.15, 0.2) is 80.7 Å². The van der Waals surface area contributed by atoms with Crippen LogP contribution in [0.1, 0.15) is 35.3 Å². The third-order valence-electron chi connectivity index (χ3n) is 4.77. The largest absolute Gasteiger partial charge is 0.508 e. The zero-order valence-electron chi connectivity index (χ0n) is 14.7. The van der Waals surface area contributed by atoms with Gasteiger partial charge < -0.3 is 5.11 Å². The van der Waals surface area contributed by atoms with Crippen molar-refractivity contribution in [3.8, 4) is 5.75 Å². The summed E-state index contributed by atoms with van der Waals surface area (Å²) in [6.45, 7) is 0. The number of phenols is 1. The van der Waals surface area contributed by atoms with E-state index in [-0.39, 0.29) is 18.0 Å². The molecule has 0 aliphatic carbocycles. The molecule has 4 rings (SSSR count). The third-order valence-corrected chi connectivity index (χ3v) is 6.04. The molecule has 3 aromatic carbocycles. The van der Waals surface area contributed by atoms with Crippen molar-refractivity contribution in [1.82, 2.24) is 5.32 Å². The maximum atomic E-state index is 10.4. The Morgan fingerprint density at radius 2 is 1.61 bits per heavy atom. The Kier molecular flexibility index (Phi) is 5.88. The van der Waals surface area contributed by atoms with Crippen molar-refractivity contribution < 1.29 is 5.11 Å². The zero-order valence-corrected chi connectivity index (χ0v) is 18.7. The van der Waals surface area contributed by atoms with Gasteiger partial charge in [0, 0.05) is 37.7 Å². The van der Waals surface area contributed by atoms with E-state index in [4.69, 9.17) is 16.6 Å². The maximum Gasteiger partial charge on any atom is 0.126 e. The van der Waals surface area contributed by atoms with E-state index in [1.54, 1.807) is 6.07 Å². The van der Waals surface area contributed by atoms with Crippen LogP contribution >= 0.6 is 43.5 Å². The molecule has 3 nitrogen and oxygen atoms in total. The Hall–Kier alpha value is -1.66. The molecule has 0 saturated carbocycles. The van der Waals surface area contributed by atoms with Gasteiger partial charge in [0.15, 0.2) is 0 Å². The highest BCUT2D eigenvalue weighted by molar-refractivity contribution is 9.10. The second kappa shape index (κ2) is 8.37. The predicted molar refractivity (Wildman–Crippen MR) is 121 cm³/mol. The van der Waals surface area contributed by atoms with Gasteiger partial charge in [-0.3, -0.25) is 10.3 Å². The molecule has 0 fully saturated rings. The maximum absolute atomic E-state index is 10.4. The van der Waals surface area contributed by atoms with Crippen molar-refractivity contribution in [3.05, 3.63) is 97.4 Å². The molecule has 0 aromatic heterocycles. The second-order valence-electron chi connectivity index (χ2n) is 6.66. The molecule has 3 aromatic rings. The number of phenolic OH excluding ortho intramolecular Hbond substituents is 1. The lowest BCUT2D eigenvalue weighted by molar-refractivity contribution is 0.412. The molecule has 2 N–H and O–H groups in total. The summed E-state index contributed by atoms with van der Waals surface area (Å²) in [5.74, 6) is 0.271. The van der Waals surface area contributed by atoms with E-state index >= 15 is 0 Å². The average Bonchev–Trinajstić information content (AvgIpc) is 2.70. The lowest BCUT2D eigenvalue weighted by Gasteiger charge is -2.31. The van der Waals surface area contributed by atoms with Crippen LogP contribution in [0.4, 0.5) is 0 Å². The van der Waals surface area contributed by atoms with Gasteiger partial charge in [-0.1, -0.05) is 67.7 Å². The summed E-state index contributed by atoms with van der Waals surface area (Å²) in [5, 5.41) is 14.7. The molecule has 2 atom stereocenters. The molecule has 0 radical (unpaired) electrons. The first-order chi connectivity index (χ1) is 13.5. The second-order valence-corrected chi connectivity index (χ2v) is 8.93. The topological polar surface area (TPSA) is 44.6 Å². The lowest BCUT2D eigenvalue weighted by Crippen LogP contribution is -2.33. The van der Waals surface area contributed by atoms with Gasteiger partial charge in [0.2, 0.25) is 0 Å². The number of benzene rings is 3. The average molecular weight is 521 g/mol. The van der Waals surface area contributed by atoms with Crippen LogP contribution in [0.5, 0.6) is 5.75 Å². The molecule has 0 amide bonds. The quantitative estimate of drug-likeness (QED) is 0.399. The number of aliphatic imine (C=N–C) groups is 1. The molecule has 0 unspecified atom stereocenters. The highest BCUT2D eigenvalue weighted by atomic mass is 79.9. The molecule has 142 valence electrons. The smallest absolute Gasteiger partial charge is 0.126 e. The van der Waals surface area contributed by atoms with Gasteiger partial charge >= 0.3 is 0 Å². The van der Waals surface area contributed by atoms with E-state index in [0.717, 1.165) is 31.3 Å². The van der Waals surface area contributed by atoms with Crippen molar-refractivity contribution in [2.45, 2.75) is 18.6 Å². The summed E-state index contributed by atoms with van der Waals surface area (Å²) in [5.41, 5.74) is 3.94. The van der Waals surface area contributed by atoms with Gasteiger partial charge in [-0.15, -0.1) is 0 Å². The minimum Gasteiger partial charge on any atom is -0.508 e. The first kappa shape index (κ1) is 19.6. The molecule has 1 heterocycles. The summed E-state index contributed by atoms with van der Waals surface area (Å²) in [7, 11) is 0. The van der Waals surface area contributed by atoms with Crippen molar-refractivity contribution in [1.29, 1.82) is 0 Å². The standard InChI is InChI=1S/C22H17Br2ClN2O/c23-15-5-1-13(2-6-15)19-12-20(18-11-16(24)7-10-21(18)28)27-22(26-19)14-3-8-17(25)9-4-14/h1-11,20,22,27-28H,12H2/t20-,22-/m0/s1. The van der Waals surface area contributed by atoms with E-state index in [9.17, 15) is 5.11 Å². The van der Waals surface area contributed by atoms with Crippen LogP contribution in [-0.4, -0.2) is 10.8 Å². The van der Waals surface area contributed by atoms with Gasteiger partial charge in [0.25, 0.3) is 0 Å². The van der Waals surface area contributed by atoms with Crippen molar-refractivity contribution >= 4 is 49.2 Å². The molecular formula is C22H17Br2ClN2O. The Labute approximate surface area is 185 Å². The third kappa shape index (κ3) is 4.33. The summed E-state index contributed by atoms with van der Waals surface area (Å²) >= 11 is 13.1. The van der Waals surface area contributed by atoms with Gasteiger partial charge in [-0.05, 0) is 53.6 Å². The SMILES string of the molecule is Oc1ccc(Br)cc1[C@@H]1CC(c2ccc(Br)cc2)=N[C@H](c2ccc(Cl)cc2)N1. The molecule has 0 spiro atoms. The van der Waals surface area contributed by atoms with Gasteiger partial charge in [-0.2, -0.15) is 0 Å². The Bertz CT molecular complexity index is 1020. The Morgan fingerprint density at radius 1 is 0.929 bits per heavy atom. The van der Waals surface area contributed by atoms with Crippen LogP contribution in [-0.2, 0) is 0 Å². The van der Waals surface area contributed by atoms with Gasteiger partial charge in [0.1, 0.15) is 11.9 Å². The molecule has 28 heavy (non-hydrogen) atoms. The highest BCUT2D eigenvalue weighted by Gasteiger charge is 2.27. The van der Waals surface area contributed by atoms with E-state index in [1.807, 2.05) is 48.5 Å². The first-order valence-corrected chi connectivity index (χ1v) is 10.8. The van der Waals surface area contributed by atoms with Crippen LogP contribution in [0.2, 0.25) is 5.02 Å². The first-order valence-electron chi connectivity index (χ1n) is 8.82. The minimum atomic E-state index is -0.229. The van der Waals surface area contributed by atoms with Crippen LogP contribution < -0.4 is 5.32 Å². The lowest BCUT2D eigenvalue weighted by atomic mass is 9.93. The van der Waals surface area contributed by atoms with E-state index in [1.165, 1.54) is 0 Å². The summed E-state index contributed by atoms with van der Waals surface area (Å²) < 4.78 is 1.96. The number of nitrogens with one attached hydrogen (secondary N) is 1. The number of hydrogen-bond donors (Lipinski definition) is 2. The van der Waals surface area contributed by atoms with Crippen molar-refractivity contribution in [2.75, 3.05) is 0 Å². The van der Waals surface area contributed by atoms with E-state index in [2.05, 4.69) is 49.3 Å². The number of aromatic hydroxyl groups is 1. The van der Waals surface area contributed by atoms with Crippen molar-refractivity contribution in [3.63, 3.8) is 0 Å². The molecule has 1 aliphatic heterocycles. The molecular weight excluding hydrogens is 504 g/mol. The molecule has 0 bridgehead atoms. The normalized spacial score (nSPS) is 19.3. The van der Waals surface area contributed by atoms with Crippen LogP contribution in [0, 0.1) is 0 Å².